The molecule has 0 saturated carbocycles. The second-order valence-corrected chi connectivity index (χ2v) is 11.3. The Morgan fingerprint density at radius 2 is 1.12 bits per heavy atom. The first-order valence-corrected chi connectivity index (χ1v) is 11.2. The van der Waals surface area contributed by atoms with Gasteiger partial charge >= 0.3 is 15.3 Å². The summed E-state index contributed by atoms with van der Waals surface area (Å²) in [5.41, 5.74) is -0.258. The van der Waals surface area contributed by atoms with Crippen molar-refractivity contribution in [3.05, 3.63) is 0 Å². The normalized spacial score (nSPS) is 19.2. The lowest BCUT2D eigenvalue weighted by molar-refractivity contribution is 0.0914. The van der Waals surface area contributed by atoms with Gasteiger partial charge in [0.1, 0.15) is 0 Å². The molecule has 0 aromatic heterocycles. The molecule has 0 aliphatic rings. The third-order valence-corrected chi connectivity index (χ3v) is 4.54. The van der Waals surface area contributed by atoms with Crippen molar-refractivity contribution >= 4 is 15.3 Å². The minimum atomic E-state index is -3.82. The Bertz CT molecular complexity index is 380. The van der Waals surface area contributed by atoms with E-state index >= 15 is 0 Å². The second-order valence-electron chi connectivity index (χ2n) is 7.78. The average Bonchev–Trinajstić information content (AvgIpc) is 2.09. The molecule has 0 amide bonds. The van der Waals surface area contributed by atoms with E-state index in [1.807, 2.05) is 41.5 Å². The number of hydrogen-bond acceptors (Lipinski definition) is 4. The molecular weight excluding hydrogens is 364 g/mol. The lowest BCUT2D eigenvalue weighted by Gasteiger charge is -2.27. The fraction of sp³-hybridized carbons (Fsp3) is 1.00. The Hall–Kier alpha value is 0.160. The van der Waals surface area contributed by atoms with E-state index in [2.05, 4.69) is 0 Å². The molecule has 0 bridgehead atoms. The highest BCUT2D eigenvalue weighted by Crippen LogP contribution is 2.47. The van der Waals surface area contributed by atoms with Crippen molar-refractivity contribution in [2.24, 2.45) is 10.8 Å². The van der Waals surface area contributed by atoms with Gasteiger partial charge in [-0.05, 0) is 24.7 Å². The van der Waals surface area contributed by atoms with E-state index in [-0.39, 0.29) is 33.2 Å². The Morgan fingerprint density at radius 1 is 0.875 bits per heavy atom. The van der Waals surface area contributed by atoms with Crippen LogP contribution in [0.3, 0.4) is 0 Å². The van der Waals surface area contributed by atoms with Gasteiger partial charge in [0.05, 0.1) is 12.2 Å². The van der Waals surface area contributed by atoms with Crippen LogP contribution in [-0.4, -0.2) is 35.9 Å². The maximum Gasteiger partial charge on any atom is 0.364 e. The standard InChI is InChI=1S/C7H16FO2P.C7H17O3P.FH.H2O/c2*1-6(7(2,3)4)10-11(5,8)9;;/h6H,1-5H3;6H,1-5H3,(H,8,9);1H;1H2. The number of hydrogen-bond donors (Lipinski definition) is 1. The Kier molecular flexibility index (Phi) is 14.6. The molecular formula is C14H36F2O6P2. The summed E-state index contributed by atoms with van der Waals surface area (Å²) in [6.45, 7) is 17.3. The molecule has 10 heteroatoms. The van der Waals surface area contributed by atoms with Crippen LogP contribution in [-0.2, 0) is 18.2 Å². The van der Waals surface area contributed by atoms with Crippen LogP contribution in [0.25, 0.3) is 0 Å². The quantitative estimate of drug-likeness (QED) is 0.682. The Morgan fingerprint density at radius 3 is 1.21 bits per heavy atom. The molecule has 0 fully saturated rings. The van der Waals surface area contributed by atoms with E-state index in [1.165, 1.54) is 6.66 Å². The molecule has 0 radical (unpaired) electrons. The number of halogens is 2. The first kappa shape index (κ1) is 31.9. The zero-order chi connectivity index (χ0) is 18.6. The molecule has 4 unspecified atom stereocenters. The van der Waals surface area contributed by atoms with Gasteiger partial charge in [0.15, 0.2) is 0 Å². The van der Waals surface area contributed by atoms with Crippen LogP contribution in [0.4, 0.5) is 8.90 Å². The maximum absolute atomic E-state index is 12.5. The summed E-state index contributed by atoms with van der Waals surface area (Å²) in [6.07, 6.45) is -0.535. The minimum Gasteiger partial charge on any atom is -0.412 e. The van der Waals surface area contributed by atoms with E-state index in [0.29, 0.717) is 0 Å². The van der Waals surface area contributed by atoms with Crippen LogP contribution in [0.1, 0.15) is 55.4 Å². The first-order chi connectivity index (χ1) is 9.26. The van der Waals surface area contributed by atoms with Crippen molar-refractivity contribution in [1.29, 1.82) is 0 Å². The summed E-state index contributed by atoms with van der Waals surface area (Å²) in [7, 11) is -7.14. The van der Waals surface area contributed by atoms with E-state index in [9.17, 15) is 13.3 Å². The highest BCUT2D eigenvalue weighted by molar-refractivity contribution is 7.52. The van der Waals surface area contributed by atoms with Gasteiger partial charge in [-0.3, -0.25) is 13.8 Å². The topological polar surface area (TPSA) is 104 Å². The molecule has 152 valence electrons. The summed E-state index contributed by atoms with van der Waals surface area (Å²) < 4.78 is 43.5. The maximum atomic E-state index is 12.5. The van der Waals surface area contributed by atoms with E-state index < -0.39 is 15.3 Å². The molecule has 6 nitrogen and oxygen atoms in total. The smallest absolute Gasteiger partial charge is 0.364 e. The van der Waals surface area contributed by atoms with Crippen LogP contribution < -0.4 is 0 Å². The highest BCUT2D eigenvalue weighted by atomic mass is 31.2. The van der Waals surface area contributed by atoms with Gasteiger partial charge in [0.2, 0.25) is 0 Å². The van der Waals surface area contributed by atoms with Crippen molar-refractivity contribution in [3.63, 3.8) is 0 Å². The summed E-state index contributed by atoms with van der Waals surface area (Å²) >= 11 is 0. The zero-order valence-corrected chi connectivity index (χ0v) is 18.2. The van der Waals surface area contributed by atoms with Crippen LogP contribution in [0.5, 0.6) is 0 Å². The summed E-state index contributed by atoms with van der Waals surface area (Å²) in [6, 6.07) is 0. The van der Waals surface area contributed by atoms with Gasteiger partial charge in [0, 0.05) is 13.3 Å². The van der Waals surface area contributed by atoms with Gasteiger partial charge in [-0.15, -0.1) is 0 Å². The van der Waals surface area contributed by atoms with E-state index in [1.54, 1.807) is 13.8 Å². The Labute approximate surface area is 145 Å². The van der Waals surface area contributed by atoms with Gasteiger partial charge in [0.25, 0.3) is 0 Å². The molecule has 0 aliphatic heterocycles. The van der Waals surface area contributed by atoms with Crippen molar-refractivity contribution < 1.29 is 37.4 Å². The Balaban J connectivity index is -0.000000154. The predicted molar refractivity (Wildman–Crippen MR) is 96.5 cm³/mol. The summed E-state index contributed by atoms with van der Waals surface area (Å²) in [5.74, 6) is 0. The predicted octanol–water partition coefficient (Wildman–Crippen LogP) is 4.81. The molecule has 4 atom stereocenters. The molecule has 0 spiro atoms. The molecule has 0 aromatic carbocycles. The molecule has 0 saturated heterocycles. The average molecular weight is 400 g/mol. The van der Waals surface area contributed by atoms with Crippen molar-refractivity contribution in [2.45, 2.75) is 67.6 Å². The summed E-state index contributed by atoms with van der Waals surface area (Å²) in [5, 5.41) is 0. The largest absolute Gasteiger partial charge is 0.412 e. The zero-order valence-electron chi connectivity index (χ0n) is 16.4. The number of rotatable bonds is 4. The molecule has 0 aliphatic carbocycles. The van der Waals surface area contributed by atoms with Crippen LogP contribution in [0.15, 0.2) is 0 Å². The lowest BCUT2D eigenvalue weighted by Crippen LogP contribution is -2.24. The van der Waals surface area contributed by atoms with E-state index in [0.717, 1.165) is 6.66 Å². The third-order valence-electron chi connectivity index (χ3n) is 3.14. The van der Waals surface area contributed by atoms with E-state index in [4.69, 9.17) is 13.9 Å². The third kappa shape index (κ3) is 20.2. The molecule has 24 heavy (non-hydrogen) atoms. The monoisotopic (exact) mass is 400 g/mol. The molecule has 0 heterocycles. The van der Waals surface area contributed by atoms with Gasteiger partial charge < -0.3 is 19.4 Å². The lowest BCUT2D eigenvalue weighted by atomic mass is 9.91. The van der Waals surface area contributed by atoms with Crippen molar-refractivity contribution in [3.8, 4) is 0 Å². The molecule has 3 N–H and O–H groups in total. The summed E-state index contributed by atoms with van der Waals surface area (Å²) in [4.78, 5) is 8.88. The fourth-order valence-electron chi connectivity index (χ4n) is 0.892. The molecule has 0 rings (SSSR count). The van der Waals surface area contributed by atoms with Gasteiger partial charge in [-0.2, -0.15) is 4.20 Å². The highest BCUT2D eigenvalue weighted by Gasteiger charge is 2.27. The van der Waals surface area contributed by atoms with Gasteiger partial charge in [-0.25, -0.2) is 0 Å². The SMILES string of the molecule is CC(OP(C)(=O)F)C(C)(C)C.CC(OP(C)(=O)O)C(C)(C)C.F.O. The fourth-order valence-corrected chi connectivity index (χ4v) is 2.68. The van der Waals surface area contributed by atoms with Crippen molar-refractivity contribution in [2.75, 3.05) is 13.3 Å². The first-order valence-electron chi connectivity index (χ1n) is 7.20. The second kappa shape index (κ2) is 11.0. The minimum absolute atomic E-state index is 0. The van der Waals surface area contributed by atoms with Gasteiger partial charge in [-0.1, -0.05) is 41.5 Å². The van der Waals surface area contributed by atoms with Crippen molar-refractivity contribution in [1.82, 2.24) is 0 Å². The van der Waals surface area contributed by atoms with Crippen LogP contribution in [0, 0.1) is 10.8 Å². The van der Waals surface area contributed by atoms with Crippen LogP contribution in [0.2, 0.25) is 0 Å². The van der Waals surface area contributed by atoms with Crippen LogP contribution >= 0.6 is 15.3 Å². The molecule has 0 aromatic rings.